The molecule has 0 bridgehead atoms. The first-order valence-electron chi connectivity index (χ1n) is 4.43. The number of hydrogen-bond acceptors (Lipinski definition) is 3. The molecule has 0 fully saturated rings. The highest BCUT2D eigenvalue weighted by atomic mass is 79.9. The molecule has 15 heavy (non-hydrogen) atoms. The van der Waals surface area contributed by atoms with Gasteiger partial charge in [0.2, 0.25) is 0 Å². The van der Waals surface area contributed by atoms with Crippen LogP contribution in [0.25, 0.3) is 0 Å². The summed E-state index contributed by atoms with van der Waals surface area (Å²) < 4.78 is 6.21. The Kier molecular flexibility index (Phi) is 4.74. The highest BCUT2D eigenvalue weighted by Crippen LogP contribution is 2.10. The SMILES string of the molecule is CN(N)C(=O)COCc1ccc(Br)cc1. The Hall–Kier alpha value is -0.910. The average molecular weight is 273 g/mol. The molecule has 4 nitrogen and oxygen atoms in total. The Balaban J connectivity index is 2.32. The van der Waals surface area contributed by atoms with Gasteiger partial charge in [0.05, 0.1) is 6.61 Å². The lowest BCUT2D eigenvalue weighted by Crippen LogP contribution is -2.35. The molecule has 0 aliphatic heterocycles. The van der Waals surface area contributed by atoms with Crippen molar-refractivity contribution in [1.82, 2.24) is 5.01 Å². The number of nitrogens with zero attached hydrogens (tertiary/aromatic N) is 1. The second-order valence-corrected chi connectivity index (χ2v) is 4.04. The number of carbonyl (C=O) groups is 1. The van der Waals surface area contributed by atoms with E-state index in [0.717, 1.165) is 15.0 Å². The van der Waals surface area contributed by atoms with E-state index < -0.39 is 0 Å². The second kappa shape index (κ2) is 5.85. The number of benzene rings is 1. The maximum absolute atomic E-state index is 11.1. The van der Waals surface area contributed by atoms with Crippen molar-refractivity contribution in [2.24, 2.45) is 5.84 Å². The van der Waals surface area contributed by atoms with Crippen LogP contribution in [0.15, 0.2) is 28.7 Å². The lowest BCUT2D eigenvalue weighted by Gasteiger charge is -2.09. The molecule has 5 heteroatoms. The Morgan fingerprint density at radius 3 is 2.60 bits per heavy atom. The normalized spacial score (nSPS) is 10.1. The summed E-state index contributed by atoms with van der Waals surface area (Å²) in [6.07, 6.45) is 0. The molecule has 0 heterocycles. The molecule has 0 saturated carbocycles. The first-order valence-corrected chi connectivity index (χ1v) is 5.22. The predicted molar refractivity (Wildman–Crippen MR) is 60.8 cm³/mol. The number of nitrogens with two attached hydrogens (primary N) is 1. The van der Waals surface area contributed by atoms with Crippen molar-refractivity contribution in [3.05, 3.63) is 34.3 Å². The van der Waals surface area contributed by atoms with Gasteiger partial charge in [0.1, 0.15) is 6.61 Å². The van der Waals surface area contributed by atoms with Crippen molar-refractivity contribution in [2.75, 3.05) is 13.7 Å². The van der Waals surface area contributed by atoms with Crippen LogP contribution in [-0.4, -0.2) is 24.6 Å². The maximum Gasteiger partial charge on any atom is 0.262 e. The number of ether oxygens (including phenoxy) is 1. The van der Waals surface area contributed by atoms with Gasteiger partial charge in [-0.25, -0.2) is 5.84 Å². The Labute approximate surface area is 97.1 Å². The zero-order chi connectivity index (χ0) is 11.3. The second-order valence-electron chi connectivity index (χ2n) is 3.12. The summed E-state index contributed by atoms with van der Waals surface area (Å²) in [5, 5.41) is 1.02. The molecule has 0 aliphatic rings. The first kappa shape index (κ1) is 12.2. The monoisotopic (exact) mass is 272 g/mol. The van der Waals surface area contributed by atoms with E-state index in [4.69, 9.17) is 10.6 Å². The van der Waals surface area contributed by atoms with E-state index in [1.54, 1.807) is 0 Å². The number of halogens is 1. The van der Waals surface area contributed by atoms with Crippen LogP contribution in [-0.2, 0) is 16.1 Å². The largest absolute Gasteiger partial charge is 0.367 e. The van der Waals surface area contributed by atoms with Crippen LogP contribution in [0.5, 0.6) is 0 Å². The fraction of sp³-hybridized carbons (Fsp3) is 0.300. The Morgan fingerprint density at radius 2 is 2.07 bits per heavy atom. The van der Waals surface area contributed by atoms with Gasteiger partial charge in [-0.3, -0.25) is 9.80 Å². The van der Waals surface area contributed by atoms with Gasteiger partial charge in [-0.05, 0) is 17.7 Å². The van der Waals surface area contributed by atoms with Crippen molar-refractivity contribution in [3.8, 4) is 0 Å². The molecular formula is C10H13BrN2O2. The third-order valence-corrected chi connectivity index (χ3v) is 2.33. The van der Waals surface area contributed by atoms with Crippen LogP contribution in [0.3, 0.4) is 0 Å². The zero-order valence-electron chi connectivity index (χ0n) is 8.44. The van der Waals surface area contributed by atoms with Crippen LogP contribution in [0.4, 0.5) is 0 Å². The number of carbonyl (C=O) groups excluding carboxylic acids is 1. The van der Waals surface area contributed by atoms with Crippen LogP contribution in [0, 0.1) is 0 Å². The minimum absolute atomic E-state index is 0.00304. The summed E-state index contributed by atoms with van der Waals surface area (Å²) in [6.45, 7) is 0.413. The smallest absolute Gasteiger partial charge is 0.262 e. The lowest BCUT2D eigenvalue weighted by molar-refractivity contribution is -0.135. The summed E-state index contributed by atoms with van der Waals surface area (Å²) in [6, 6.07) is 7.71. The van der Waals surface area contributed by atoms with Gasteiger partial charge in [-0.1, -0.05) is 28.1 Å². The Morgan fingerprint density at radius 1 is 1.47 bits per heavy atom. The van der Waals surface area contributed by atoms with Gasteiger partial charge in [0.15, 0.2) is 0 Å². The lowest BCUT2D eigenvalue weighted by atomic mass is 10.2. The van der Waals surface area contributed by atoms with Gasteiger partial charge in [-0.15, -0.1) is 0 Å². The highest BCUT2D eigenvalue weighted by molar-refractivity contribution is 9.10. The van der Waals surface area contributed by atoms with Crippen LogP contribution < -0.4 is 5.84 Å². The summed E-state index contributed by atoms with van der Waals surface area (Å²) in [7, 11) is 1.49. The molecule has 0 atom stereocenters. The highest BCUT2D eigenvalue weighted by Gasteiger charge is 2.03. The number of hydrazine groups is 1. The molecule has 1 amide bonds. The van der Waals surface area contributed by atoms with Gasteiger partial charge >= 0.3 is 0 Å². The van der Waals surface area contributed by atoms with Crippen molar-refractivity contribution < 1.29 is 9.53 Å². The molecule has 0 radical (unpaired) electrons. The van der Waals surface area contributed by atoms with E-state index in [1.165, 1.54) is 7.05 Å². The van der Waals surface area contributed by atoms with Crippen LogP contribution in [0.1, 0.15) is 5.56 Å². The quantitative estimate of drug-likeness (QED) is 0.511. The summed E-state index contributed by atoms with van der Waals surface area (Å²) in [4.78, 5) is 11.1. The molecule has 0 aliphatic carbocycles. The van der Waals surface area contributed by atoms with E-state index in [9.17, 15) is 4.79 Å². The molecule has 0 spiro atoms. The van der Waals surface area contributed by atoms with Gasteiger partial charge < -0.3 is 4.74 Å². The van der Waals surface area contributed by atoms with E-state index in [1.807, 2.05) is 24.3 Å². The molecule has 1 aromatic carbocycles. The van der Waals surface area contributed by atoms with Crippen molar-refractivity contribution in [1.29, 1.82) is 0 Å². The topological polar surface area (TPSA) is 55.6 Å². The van der Waals surface area contributed by atoms with Crippen LogP contribution in [0.2, 0.25) is 0 Å². The molecule has 0 aromatic heterocycles. The van der Waals surface area contributed by atoms with Gasteiger partial charge in [0.25, 0.3) is 5.91 Å². The minimum atomic E-state index is -0.243. The summed E-state index contributed by atoms with van der Waals surface area (Å²) >= 11 is 3.34. The van der Waals surface area contributed by atoms with Crippen molar-refractivity contribution in [2.45, 2.75) is 6.61 Å². The molecule has 0 unspecified atom stereocenters. The van der Waals surface area contributed by atoms with E-state index >= 15 is 0 Å². The van der Waals surface area contributed by atoms with Crippen molar-refractivity contribution in [3.63, 3.8) is 0 Å². The number of amides is 1. The van der Waals surface area contributed by atoms with Gasteiger partial charge in [0, 0.05) is 11.5 Å². The third-order valence-electron chi connectivity index (χ3n) is 1.80. The van der Waals surface area contributed by atoms with Crippen LogP contribution >= 0.6 is 15.9 Å². The number of hydrogen-bond donors (Lipinski definition) is 1. The van der Waals surface area contributed by atoms with E-state index in [2.05, 4.69) is 15.9 Å². The number of likely N-dealkylation sites (N-methyl/N-ethyl adjacent to an activating group) is 1. The summed E-state index contributed by atoms with van der Waals surface area (Å²) in [5.74, 6) is 4.99. The zero-order valence-corrected chi connectivity index (χ0v) is 10.0. The predicted octanol–water partition coefficient (Wildman–Crippen LogP) is 1.30. The fourth-order valence-corrected chi connectivity index (χ4v) is 1.20. The molecule has 1 aromatic rings. The standard InChI is InChI=1S/C10H13BrN2O2/c1-13(12)10(14)7-15-6-8-2-4-9(11)5-3-8/h2-5H,6-7,12H2,1H3. The molecular weight excluding hydrogens is 260 g/mol. The summed E-state index contributed by atoms with van der Waals surface area (Å²) in [5.41, 5.74) is 1.02. The first-order chi connectivity index (χ1) is 7.09. The molecule has 2 N–H and O–H groups in total. The minimum Gasteiger partial charge on any atom is -0.367 e. The average Bonchev–Trinajstić information content (AvgIpc) is 2.20. The van der Waals surface area contributed by atoms with Gasteiger partial charge in [-0.2, -0.15) is 0 Å². The number of rotatable bonds is 4. The van der Waals surface area contributed by atoms with E-state index in [0.29, 0.717) is 6.61 Å². The molecule has 1 rings (SSSR count). The Bertz CT molecular complexity index is 325. The maximum atomic E-state index is 11.1. The fourth-order valence-electron chi connectivity index (χ4n) is 0.939. The van der Waals surface area contributed by atoms with Crippen molar-refractivity contribution >= 4 is 21.8 Å². The third kappa shape index (κ3) is 4.42. The molecule has 82 valence electrons. The molecule has 0 saturated heterocycles. The van der Waals surface area contributed by atoms with E-state index in [-0.39, 0.29) is 12.5 Å².